The standard InChI is InChI=1S/C19H13Br2N3O2/c20-13-3-1-11(2-4-13)10-24-18(25)17(23-19(24)26)7-12-9-22-16-6-5-14(21)8-15(12)16/h1-9,25H,10H2,(H,23,26)/b12-7+. The van der Waals surface area contributed by atoms with Crippen LogP contribution in [0, 0.1) is 0 Å². The number of aliphatic imine (C=N–C) groups is 1. The normalized spacial score (nSPS) is 14.2. The lowest BCUT2D eigenvalue weighted by Gasteiger charge is -2.04. The van der Waals surface area contributed by atoms with E-state index >= 15 is 0 Å². The molecule has 2 N–H and O–H groups in total. The van der Waals surface area contributed by atoms with Crippen molar-refractivity contribution < 1.29 is 5.11 Å². The number of fused-ring (bicyclic) bond motifs is 1. The highest BCUT2D eigenvalue weighted by atomic mass is 79.9. The zero-order chi connectivity index (χ0) is 18.3. The number of halogens is 2. The number of hydrogen-bond donors (Lipinski definition) is 2. The summed E-state index contributed by atoms with van der Waals surface area (Å²) >= 11 is 6.84. The lowest BCUT2D eigenvalue weighted by Crippen LogP contribution is -2.17. The average Bonchev–Trinajstić information content (AvgIpc) is 3.13. The summed E-state index contributed by atoms with van der Waals surface area (Å²) in [5.41, 5.74) is 3.55. The van der Waals surface area contributed by atoms with Crippen molar-refractivity contribution in [3.8, 4) is 5.88 Å². The number of benzene rings is 2. The Morgan fingerprint density at radius 3 is 2.62 bits per heavy atom. The van der Waals surface area contributed by atoms with Crippen LogP contribution in [-0.2, 0) is 6.54 Å². The molecule has 0 saturated heterocycles. The quantitative estimate of drug-likeness (QED) is 0.576. The second kappa shape index (κ2) is 6.74. The zero-order valence-corrected chi connectivity index (χ0v) is 16.6. The van der Waals surface area contributed by atoms with Gasteiger partial charge in [0.05, 0.1) is 12.2 Å². The molecule has 0 radical (unpaired) electrons. The second-order valence-corrected chi connectivity index (χ2v) is 7.73. The largest absolute Gasteiger partial charge is 0.493 e. The van der Waals surface area contributed by atoms with E-state index in [2.05, 4.69) is 41.8 Å². The lowest BCUT2D eigenvalue weighted by atomic mass is 10.1. The molecule has 26 heavy (non-hydrogen) atoms. The number of aromatic nitrogens is 2. The molecule has 0 atom stereocenters. The number of rotatable bonds is 3. The molecule has 0 aliphatic carbocycles. The first-order chi connectivity index (χ1) is 12.5. The van der Waals surface area contributed by atoms with Gasteiger partial charge in [-0.3, -0.25) is 9.56 Å². The number of H-pyrrole nitrogens is 1. The molecule has 5 nitrogen and oxygen atoms in total. The maximum atomic E-state index is 12.3. The van der Waals surface area contributed by atoms with Crippen LogP contribution >= 0.6 is 31.9 Å². The minimum atomic E-state index is -0.360. The lowest BCUT2D eigenvalue weighted by molar-refractivity contribution is 0.420. The van der Waals surface area contributed by atoms with E-state index in [1.165, 1.54) is 4.57 Å². The number of imidazole rings is 1. The Kier molecular flexibility index (Phi) is 4.42. The number of aromatic hydroxyl groups is 1. The Labute approximate surface area is 166 Å². The second-order valence-electron chi connectivity index (χ2n) is 5.90. The monoisotopic (exact) mass is 473 g/mol. The van der Waals surface area contributed by atoms with Gasteiger partial charge in [0, 0.05) is 26.3 Å². The van der Waals surface area contributed by atoms with E-state index in [9.17, 15) is 9.90 Å². The molecule has 0 fully saturated rings. The highest BCUT2D eigenvalue weighted by Gasteiger charge is 2.16. The van der Waals surface area contributed by atoms with E-state index in [0.29, 0.717) is 5.69 Å². The Morgan fingerprint density at radius 1 is 1.12 bits per heavy atom. The fourth-order valence-corrected chi connectivity index (χ4v) is 3.46. The SMILES string of the molecule is O=c1[nH]c(/C=C2\C=Nc3ccc(Br)cc32)c(O)n1Cc1ccc(Br)cc1. The fraction of sp³-hybridized carbons (Fsp3) is 0.0526. The third-order valence-electron chi connectivity index (χ3n) is 4.15. The van der Waals surface area contributed by atoms with E-state index in [1.54, 1.807) is 12.3 Å². The van der Waals surface area contributed by atoms with Gasteiger partial charge < -0.3 is 10.1 Å². The summed E-state index contributed by atoms with van der Waals surface area (Å²) in [7, 11) is 0. The van der Waals surface area contributed by atoms with Crippen LogP contribution in [0.3, 0.4) is 0 Å². The first-order valence-corrected chi connectivity index (χ1v) is 9.42. The first-order valence-electron chi connectivity index (χ1n) is 7.83. The van der Waals surface area contributed by atoms with Crippen LogP contribution in [0.5, 0.6) is 5.88 Å². The molecule has 4 rings (SSSR count). The van der Waals surface area contributed by atoms with Gasteiger partial charge in [0.2, 0.25) is 5.88 Å². The molecule has 0 amide bonds. The number of hydrogen-bond acceptors (Lipinski definition) is 3. The van der Waals surface area contributed by atoms with Crippen LogP contribution in [0.15, 0.2) is 61.2 Å². The predicted molar refractivity (Wildman–Crippen MR) is 110 cm³/mol. The van der Waals surface area contributed by atoms with Gasteiger partial charge in [-0.25, -0.2) is 4.79 Å². The van der Waals surface area contributed by atoms with Gasteiger partial charge in [-0.2, -0.15) is 0 Å². The van der Waals surface area contributed by atoms with E-state index in [-0.39, 0.29) is 18.1 Å². The number of nitrogens with one attached hydrogen (secondary N) is 1. The van der Waals surface area contributed by atoms with Gasteiger partial charge in [0.25, 0.3) is 0 Å². The molecule has 1 aliphatic heterocycles. The van der Waals surface area contributed by atoms with E-state index in [0.717, 1.165) is 31.3 Å². The molecular weight excluding hydrogens is 462 g/mol. The minimum absolute atomic E-state index is 0.0951. The third kappa shape index (κ3) is 3.20. The van der Waals surface area contributed by atoms with Crippen LogP contribution in [0.4, 0.5) is 5.69 Å². The van der Waals surface area contributed by atoms with Gasteiger partial charge in [-0.15, -0.1) is 0 Å². The molecule has 0 spiro atoms. The summed E-state index contributed by atoms with van der Waals surface area (Å²) in [5, 5.41) is 10.5. The fourth-order valence-electron chi connectivity index (χ4n) is 2.83. The van der Waals surface area contributed by atoms with Gasteiger partial charge in [0.15, 0.2) is 0 Å². The zero-order valence-electron chi connectivity index (χ0n) is 13.4. The number of nitrogens with zero attached hydrogens (tertiary/aromatic N) is 2. The molecule has 2 heterocycles. The van der Waals surface area contributed by atoms with Crippen LogP contribution in [0.1, 0.15) is 16.8 Å². The summed E-state index contributed by atoms with van der Waals surface area (Å²) in [4.78, 5) is 19.3. The molecule has 7 heteroatoms. The van der Waals surface area contributed by atoms with Gasteiger partial charge >= 0.3 is 5.69 Å². The molecule has 0 bridgehead atoms. The summed E-state index contributed by atoms with van der Waals surface area (Å²) < 4.78 is 3.21. The summed E-state index contributed by atoms with van der Waals surface area (Å²) in [6.07, 6.45) is 3.46. The Balaban J connectivity index is 1.70. The third-order valence-corrected chi connectivity index (χ3v) is 5.17. The van der Waals surface area contributed by atoms with Gasteiger partial charge in [-0.05, 0) is 42.0 Å². The Hall–Kier alpha value is -2.38. The molecule has 2 aromatic carbocycles. The maximum absolute atomic E-state index is 12.3. The minimum Gasteiger partial charge on any atom is -0.493 e. The van der Waals surface area contributed by atoms with Crippen molar-refractivity contribution in [3.05, 3.63) is 78.7 Å². The molecule has 0 saturated carbocycles. The first kappa shape index (κ1) is 17.1. The van der Waals surface area contributed by atoms with Crippen LogP contribution in [0.25, 0.3) is 11.6 Å². The summed E-state index contributed by atoms with van der Waals surface area (Å²) in [6.45, 7) is 0.286. The van der Waals surface area contributed by atoms with Crippen molar-refractivity contribution in [2.24, 2.45) is 4.99 Å². The van der Waals surface area contributed by atoms with Crippen LogP contribution in [-0.4, -0.2) is 20.9 Å². The predicted octanol–water partition coefficient (Wildman–Crippen LogP) is 4.71. The molecule has 0 unspecified atom stereocenters. The Bertz CT molecular complexity index is 1110. The van der Waals surface area contributed by atoms with E-state index < -0.39 is 0 Å². The number of aromatic amines is 1. The highest BCUT2D eigenvalue weighted by molar-refractivity contribution is 9.10. The topological polar surface area (TPSA) is 70.4 Å². The van der Waals surface area contributed by atoms with E-state index in [1.807, 2.05) is 42.5 Å². The van der Waals surface area contributed by atoms with Crippen LogP contribution < -0.4 is 5.69 Å². The summed E-state index contributed by atoms with van der Waals surface area (Å²) in [6, 6.07) is 13.4. The number of allylic oxidation sites excluding steroid dienone is 1. The molecule has 1 aliphatic rings. The van der Waals surface area contributed by atoms with Crippen molar-refractivity contribution in [2.45, 2.75) is 6.54 Å². The molecular formula is C19H13Br2N3O2. The molecule has 3 aromatic rings. The van der Waals surface area contributed by atoms with Crippen molar-refractivity contribution in [3.63, 3.8) is 0 Å². The smallest absolute Gasteiger partial charge is 0.329 e. The van der Waals surface area contributed by atoms with Crippen molar-refractivity contribution in [1.29, 1.82) is 0 Å². The summed E-state index contributed by atoms with van der Waals surface area (Å²) in [5.74, 6) is -0.0951. The molecule has 1 aromatic heterocycles. The van der Waals surface area contributed by atoms with Gasteiger partial charge in [0.1, 0.15) is 5.69 Å². The van der Waals surface area contributed by atoms with E-state index in [4.69, 9.17) is 0 Å². The average molecular weight is 475 g/mol. The van der Waals surface area contributed by atoms with Crippen molar-refractivity contribution >= 4 is 55.4 Å². The highest BCUT2D eigenvalue weighted by Crippen LogP contribution is 2.35. The van der Waals surface area contributed by atoms with Crippen molar-refractivity contribution in [1.82, 2.24) is 9.55 Å². The van der Waals surface area contributed by atoms with Gasteiger partial charge in [-0.1, -0.05) is 44.0 Å². The Morgan fingerprint density at radius 2 is 1.85 bits per heavy atom. The maximum Gasteiger partial charge on any atom is 0.329 e. The molecule has 130 valence electrons. The van der Waals surface area contributed by atoms with Crippen LogP contribution in [0.2, 0.25) is 0 Å². The van der Waals surface area contributed by atoms with Crippen molar-refractivity contribution in [2.75, 3.05) is 0 Å².